The van der Waals surface area contributed by atoms with Crippen molar-refractivity contribution in [2.45, 2.75) is 181 Å². The van der Waals surface area contributed by atoms with E-state index in [1.165, 1.54) is 128 Å². The number of hydrogen-bond donors (Lipinski definition) is 1. The molecule has 0 aliphatic carbocycles. The van der Waals surface area contributed by atoms with Crippen LogP contribution in [0.4, 0.5) is 0 Å². The van der Waals surface area contributed by atoms with Crippen LogP contribution in [0.2, 0.25) is 0 Å². The first-order valence-corrected chi connectivity index (χ1v) is 17.2. The van der Waals surface area contributed by atoms with Crippen LogP contribution in [0.25, 0.3) is 0 Å². The van der Waals surface area contributed by atoms with E-state index < -0.39 is 0 Å². The van der Waals surface area contributed by atoms with Gasteiger partial charge in [-0.2, -0.15) is 0 Å². The van der Waals surface area contributed by atoms with Crippen LogP contribution in [0.1, 0.15) is 181 Å². The standard InChI is InChI=1S/C34H67NO4/c1-3-5-7-9-11-13-14-15-16-17-18-20-22-24-26-28-34(37)39-32-30-35-29-31-38-33(36)27-25-23-21-19-12-10-8-6-4-2/h35H,3-32H2,1-2H3. The summed E-state index contributed by atoms with van der Waals surface area (Å²) in [5.41, 5.74) is 0. The van der Waals surface area contributed by atoms with Gasteiger partial charge in [-0.15, -0.1) is 0 Å². The van der Waals surface area contributed by atoms with E-state index in [2.05, 4.69) is 19.2 Å². The van der Waals surface area contributed by atoms with Crippen LogP contribution in [0.3, 0.4) is 0 Å². The highest BCUT2D eigenvalue weighted by Crippen LogP contribution is 2.14. The van der Waals surface area contributed by atoms with Crippen LogP contribution in [0.15, 0.2) is 0 Å². The number of rotatable bonds is 32. The van der Waals surface area contributed by atoms with Gasteiger partial charge in [0.1, 0.15) is 13.2 Å². The predicted octanol–water partition coefficient (Wildman–Crippen LogP) is 9.84. The van der Waals surface area contributed by atoms with Gasteiger partial charge in [0.05, 0.1) is 0 Å². The SMILES string of the molecule is CCCCCCCCCCCCCCCCCC(=O)OCCNCCOC(=O)CCCCCCCCCCC. The first-order chi connectivity index (χ1) is 19.2. The van der Waals surface area contributed by atoms with Gasteiger partial charge >= 0.3 is 11.9 Å². The molecule has 0 heterocycles. The van der Waals surface area contributed by atoms with E-state index in [0.29, 0.717) is 39.1 Å². The fourth-order valence-electron chi connectivity index (χ4n) is 4.96. The Hall–Kier alpha value is -1.10. The molecule has 0 unspecified atom stereocenters. The van der Waals surface area contributed by atoms with Crippen molar-refractivity contribution < 1.29 is 19.1 Å². The number of esters is 2. The van der Waals surface area contributed by atoms with E-state index in [0.717, 1.165) is 25.7 Å². The summed E-state index contributed by atoms with van der Waals surface area (Å²) >= 11 is 0. The minimum atomic E-state index is -0.102. The Balaban J connectivity index is 3.24. The summed E-state index contributed by atoms with van der Waals surface area (Å²) in [7, 11) is 0. The molecule has 0 aromatic heterocycles. The van der Waals surface area contributed by atoms with E-state index in [1.807, 2.05) is 0 Å². The minimum absolute atomic E-state index is 0.0983. The quantitative estimate of drug-likeness (QED) is 0.0663. The molecule has 0 amide bonds. The van der Waals surface area contributed by atoms with Crippen LogP contribution < -0.4 is 5.32 Å². The average Bonchev–Trinajstić information content (AvgIpc) is 2.93. The molecule has 0 aromatic carbocycles. The molecule has 0 aliphatic rings. The Morgan fingerprint density at radius 2 is 0.667 bits per heavy atom. The highest BCUT2D eigenvalue weighted by atomic mass is 16.5. The molecule has 0 aliphatic heterocycles. The van der Waals surface area contributed by atoms with Crippen LogP contribution in [0, 0.1) is 0 Å². The first kappa shape index (κ1) is 37.9. The summed E-state index contributed by atoms with van der Waals surface area (Å²) in [5.74, 6) is -0.200. The molecule has 0 bridgehead atoms. The molecule has 0 fully saturated rings. The molecule has 0 radical (unpaired) electrons. The molecule has 0 spiro atoms. The van der Waals surface area contributed by atoms with Crippen molar-refractivity contribution in [1.82, 2.24) is 5.32 Å². The third kappa shape index (κ3) is 33.0. The number of nitrogens with one attached hydrogen (secondary N) is 1. The predicted molar refractivity (Wildman–Crippen MR) is 166 cm³/mol. The minimum Gasteiger partial charge on any atom is -0.464 e. The average molecular weight is 554 g/mol. The van der Waals surface area contributed by atoms with Crippen molar-refractivity contribution in [3.05, 3.63) is 0 Å². The molecule has 0 atom stereocenters. The molecular weight excluding hydrogens is 486 g/mol. The lowest BCUT2D eigenvalue weighted by molar-refractivity contribution is -0.143. The summed E-state index contributed by atoms with van der Waals surface area (Å²) in [6.07, 6.45) is 32.2. The third-order valence-corrected chi connectivity index (χ3v) is 7.55. The zero-order valence-electron chi connectivity index (χ0n) is 26.3. The van der Waals surface area contributed by atoms with E-state index in [-0.39, 0.29) is 11.9 Å². The van der Waals surface area contributed by atoms with Gasteiger partial charge in [0, 0.05) is 25.9 Å². The molecule has 5 heteroatoms. The second kappa shape index (κ2) is 33.1. The van der Waals surface area contributed by atoms with Crippen molar-refractivity contribution in [1.29, 1.82) is 0 Å². The van der Waals surface area contributed by atoms with Crippen molar-refractivity contribution in [3.8, 4) is 0 Å². The van der Waals surface area contributed by atoms with Gasteiger partial charge in [0.15, 0.2) is 0 Å². The Bertz CT molecular complexity index is 511. The zero-order valence-corrected chi connectivity index (χ0v) is 26.3. The van der Waals surface area contributed by atoms with Crippen LogP contribution in [-0.2, 0) is 19.1 Å². The van der Waals surface area contributed by atoms with Gasteiger partial charge in [0.25, 0.3) is 0 Å². The molecule has 0 saturated carbocycles. The monoisotopic (exact) mass is 554 g/mol. The fourth-order valence-corrected chi connectivity index (χ4v) is 4.96. The zero-order chi connectivity index (χ0) is 28.5. The normalized spacial score (nSPS) is 11.1. The Morgan fingerprint density at radius 1 is 0.410 bits per heavy atom. The maximum atomic E-state index is 11.9. The molecule has 1 N–H and O–H groups in total. The Labute approximate surface area is 243 Å². The lowest BCUT2D eigenvalue weighted by Crippen LogP contribution is -2.26. The molecule has 0 saturated heterocycles. The highest BCUT2D eigenvalue weighted by Gasteiger charge is 2.04. The summed E-state index contributed by atoms with van der Waals surface area (Å²) < 4.78 is 10.6. The Kier molecular flexibility index (Phi) is 32.2. The fraction of sp³-hybridized carbons (Fsp3) is 0.941. The molecule has 39 heavy (non-hydrogen) atoms. The topological polar surface area (TPSA) is 64.6 Å². The van der Waals surface area contributed by atoms with Gasteiger partial charge in [-0.1, -0.05) is 155 Å². The molecular formula is C34H67NO4. The molecule has 5 nitrogen and oxygen atoms in total. The molecule has 232 valence electrons. The smallest absolute Gasteiger partial charge is 0.305 e. The Morgan fingerprint density at radius 3 is 0.949 bits per heavy atom. The summed E-state index contributed by atoms with van der Waals surface area (Å²) in [6.45, 7) is 6.47. The highest BCUT2D eigenvalue weighted by molar-refractivity contribution is 5.69. The van der Waals surface area contributed by atoms with Crippen molar-refractivity contribution >= 4 is 11.9 Å². The second-order valence-corrected chi connectivity index (χ2v) is 11.5. The van der Waals surface area contributed by atoms with E-state index in [1.54, 1.807) is 0 Å². The molecule has 0 aromatic rings. The van der Waals surface area contributed by atoms with Gasteiger partial charge in [-0.05, 0) is 12.8 Å². The van der Waals surface area contributed by atoms with Crippen LogP contribution in [-0.4, -0.2) is 38.2 Å². The lowest BCUT2D eigenvalue weighted by atomic mass is 10.0. The number of carbonyl (C=O) groups is 2. The van der Waals surface area contributed by atoms with Crippen molar-refractivity contribution in [2.75, 3.05) is 26.3 Å². The maximum absolute atomic E-state index is 11.9. The number of unbranched alkanes of at least 4 members (excludes halogenated alkanes) is 22. The summed E-state index contributed by atoms with van der Waals surface area (Å²) in [4.78, 5) is 23.7. The second-order valence-electron chi connectivity index (χ2n) is 11.5. The van der Waals surface area contributed by atoms with Crippen LogP contribution in [0.5, 0.6) is 0 Å². The number of hydrogen-bond acceptors (Lipinski definition) is 5. The van der Waals surface area contributed by atoms with Crippen molar-refractivity contribution in [3.63, 3.8) is 0 Å². The summed E-state index contributed by atoms with van der Waals surface area (Å²) in [5, 5.41) is 3.17. The van der Waals surface area contributed by atoms with Crippen molar-refractivity contribution in [2.24, 2.45) is 0 Å². The van der Waals surface area contributed by atoms with E-state index in [9.17, 15) is 9.59 Å². The largest absolute Gasteiger partial charge is 0.464 e. The number of carbonyl (C=O) groups excluding carboxylic acids is 2. The van der Waals surface area contributed by atoms with E-state index in [4.69, 9.17) is 9.47 Å². The number of ether oxygens (including phenoxy) is 2. The van der Waals surface area contributed by atoms with E-state index >= 15 is 0 Å². The van der Waals surface area contributed by atoms with Gasteiger partial charge in [-0.25, -0.2) is 0 Å². The van der Waals surface area contributed by atoms with Gasteiger partial charge in [-0.3, -0.25) is 9.59 Å². The first-order valence-electron chi connectivity index (χ1n) is 17.2. The third-order valence-electron chi connectivity index (χ3n) is 7.55. The summed E-state index contributed by atoms with van der Waals surface area (Å²) in [6, 6.07) is 0. The van der Waals surface area contributed by atoms with Gasteiger partial charge < -0.3 is 14.8 Å². The lowest BCUT2D eigenvalue weighted by Gasteiger charge is -2.08. The maximum Gasteiger partial charge on any atom is 0.305 e. The van der Waals surface area contributed by atoms with Gasteiger partial charge in [0.2, 0.25) is 0 Å². The molecule has 0 rings (SSSR count). The van der Waals surface area contributed by atoms with Crippen LogP contribution >= 0.6 is 0 Å².